The number of rotatable bonds is 6. The zero-order valence-corrected chi connectivity index (χ0v) is 11.3. The second kappa shape index (κ2) is 6.02. The number of benzene rings is 1. The summed E-state index contributed by atoms with van der Waals surface area (Å²) in [6, 6.07) is 4.53. The lowest BCUT2D eigenvalue weighted by atomic mass is 9.95. The number of ether oxygens (including phenoxy) is 2. The number of halogens is 1. The summed E-state index contributed by atoms with van der Waals surface area (Å²) in [5.74, 6) is 0.238. The summed E-state index contributed by atoms with van der Waals surface area (Å²) >= 11 is 0. The van der Waals surface area contributed by atoms with E-state index in [9.17, 15) is 4.39 Å². The van der Waals surface area contributed by atoms with Crippen LogP contribution in [-0.2, 0) is 4.74 Å². The summed E-state index contributed by atoms with van der Waals surface area (Å²) in [6.45, 7) is 4.09. The molecule has 2 unspecified atom stereocenters. The van der Waals surface area contributed by atoms with E-state index in [1.807, 2.05) is 13.8 Å². The van der Waals surface area contributed by atoms with Crippen LogP contribution < -0.4 is 15.8 Å². The van der Waals surface area contributed by atoms with Crippen LogP contribution in [0, 0.1) is 5.82 Å². The summed E-state index contributed by atoms with van der Waals surface area (Å²) in [5, 5.41) is 3.09. The standard InChI is InChI=1S/C13H21FN2O2/c1-9(17-3)13(2,8-15)16-12-7-10(18-4)5-6-11(12)14/h5-7,9,16H,8,15H2,1-4H3. The number of nitrogens with one attached hydrogen (secondary N) is 1. The minimum Gasteiger partial charge on any atom is -0.497 e. The van der Waals surface area contributed by atoms with Crippen LogP contribution in [0.2, 0.25) is 0 Å². The third-order valence-corrected chi connectivity index (χ3v) is 3.27. The summed E-state index contributed by atoms with van der Waals surface area (Å²) < 4.78 is 24.1. The van der Waals surface area contributed by atoms with Crippen molar-refractivity contribution in [3.63, 3.8) is 0 Å². The van der Waals surface area contributed by atoms with Gasteiger partial charge in [0.05, 0.1) is 24.4 Å². The first-order valence-electron chi connectivity index (χ1n) is 5.81. The Kier molecular flexibility index (Phi) is 4.93. The molecule has 0 saturated carbocycles. The van der Waals surface area contributed by atoms with Crippen molar-refractivity contribution in [2.75, 3.05) is 26.1 Å². The van der Waals surface area contributed by atoms with Crippen LogP contribution in [0.4, 0.5) is 10.1 Å². The lowest BCUT2D eigenvalue weighted by Gasteiger charge is -2.35. The molecule has 2 atom stereocenters. The van der Waals surface area contributed by atoms with Gasteiger partial charge in [0.15, 0.2) is 0 Å². The molecule has 0 spiro atoms. The van der Waals surface area contributed by atoms with Crippen molar-refractivity contribution in [2.24, 2.45) is 5.73 Å². The number of nitrogens with two attached hydrogens (primary N) is 1. The zero-order chi connectivity index (χ0) is 13.8. The molecule has 1 rings (SSSR count). The molecule has 0 aromatic heterocycles. The topological polar surface area (TPSA) is 56.5 Å². The van der Waals surface area contributed by atoms with Crippen molar-refractivity contribution in [1.82, 2.24) is 0 Å². The Morgan fingerprint density at radius 3 is 2.61 bits per heavy atom. The van der Waals surface area contributed by atoms with E-state index in [2.05, 4.69) is 5.32 Å². The van der Waals surface area contributed by atoms with Gasteiger partial charge < -0.3 is 20.5 Å². The maximum Gasteiger partial charge on any atom is 0.146 e. The SMILES string of the molecule is COc1ccc(F)c(NC(C)(CN)C(C)OC)c1. The van der Waals surface area contributed by atoms with Crippen molar-refractivity contribution in [2.45, 2.75) is 25.5 Å². The molecular weight excluding hydrogens is 235 g/mol. The molecule has 0 radical (unpaired) electrons. The molecule has 0 bridgehead atoms. The minimum atomic E-state index is -0.554. The second-order valence-electron chi connectivity index (χ2n) is 4.47. The maximum atomic E-state index is 13.7. The average Bonchev–Trinajstić information content (AvgIpc) is 2.40. The quantitative estimate of drug-likeness (QED) is 0.817. The molecule has 0 aliphatic rings. The van der Waals surface area contributed by atoms with Gasteiger partial charge in [-0.15, -0.1) is 0 Å². The van der Waals surface area contributed by atoms with Crippen LogP contribution in [0.3, 0.4) is 0 Å². The predicted octanol–water partition coefficient (Wildman–Crippen LogP) is 2.00. The molecule has 3 N–H and O–H groups in total. The number of hydrogen-bond acceptors (Lipinski definition) is 4. The Morgan fingerprint density at radius 2 is 2.11 bits per heavy atom. The van der Waals surface area contributed by atoms with E-state index in [4.69, 9.17) is 15.2 Å². The van der Waals surface area contributed by atoms with E-state index in [0.717, 1.165) is 0 Å². The van der Waals surface area contributed by atoms with Gasteiger partial charge in [0.2, 0.25) is 0 Å². The van der Waals surface area contributed by atoms with Crippen molar-refractivity contribution in [3.8, 4) is 5.75 Å². The van der Waals surface area contributed by atoms with E-state index >= 15 is 0 Å². The smallest absolute Gasteiger partial charge is 0.146 e. The Morgan fingerprint density at radius 1 is 1.44 bits per heavy atom. The fourth-order valence-electron chi connectivity index (χ4n) is 1.61. The lowest BCUT2D eigenvalue weighted by molar-refractivity contribution is 0.0687. The first-order valence-corrected chi connectivity index (χ1v) is 5.81. The molecule has 0 heterocycles. The summed E-state index contributed by atoms with van der Waals surface area (Å²) in [4.78, 5) is 0. The molecule has 18 heavy (non-hydrogen) atoms. The molecule has 0 fully saturated rings. The second-order valence-corrected chi connectivity index (χ2v) is 4.47. The van der Waals surface area contributed by atoms with Crippen LogP contribution in [0.5, 0.6) is 5.75 Å². The van der Waals surface area contributed by atoms with E-state index in [0.29, 0.717) is 18.0 Å². The molecular formula is C13H21FN2O2. The van der Waals surface area contributed by atoms with E-state index in [1.165, 1.54) is 13.2 Å². The Bertz CT molecular complexity index is 401. The van der Waals surface area contributed by atoms with Gasteiger partial charge in [-0.2, -0.15) is 0 Å². The molecule has 1 aromatic rings. The number of anilines is 1. The highest BCUT2D eigenvalue weighted by Crippen LogP contribution is 2.26. The molecule has 0 saturated heterocycles. The first-order chi connectivity index (χ1) is 8.46. The Balaban J connectivity index is 3.00. The van der Waals surface area contributed by atoms with E-state index in [-0.39, 0.29) is 11.9 Å². The Hall–Kier alpha value is -1.33. The fourth-order valence-corrected chi connectivity index (χ4v) is 1.61. The highest BCUT2D eigenvalue weighted by molar-refractivity contribution is 5.51. The average molecular weight is 256 g/mol. The number of methoxy groups -OCH3 is 2. The van der Waals surface area contributed by atoms with Gasteiger partial charge in [-0.1, -0.05) is 0 Å². The van der Waals surface area contributed by atoms with Gasteiger partial charge >= 0.3 is 0 Å². The van der Waals surface area contributed by atoms with Crippen LogP contribution in [0.15, 0.2) is 18.2 Å². The van der Waals surface area contributed by atoms with Gasteiger partial charge in [-0.05, 0) is 26.0 Å². The van der Waals surface area contributed by atoms with Gasteiger partial charge in [0.25, 0.3) is 0 Å². The van der Waals surface area contributed by atoms with Crippen molar-refractivity contribution in [3.05, 3.63) is 24.0 Å². The third-order valence-electron chi connectivity index (χ3n) is 3.27. The first kappa shape index (κ1) is 14.7. The van der Waals surface area contributed by atoms with Gasteiger partial charge in [0.1, 0.15) is 11.6 Å². The highest BCUT2D eigenvalue weighted by atomic mass is 19.1. The molecule has 5 heteroatoms. The third kappa shape index (κ3) is 3.11. The lowest BCUT2D eigenvalue weighted by Crippen LogP contribution is -2.52. The molecule has 0 aliphatic heterocycles. The van der Waals surface area contributed by atoms with Crippen LogP contribution in [-0.4, -0.2) is 32.4 Å². The van der Waals surface area contributed by atoms with E-state index < -0.39 is 5.54 Å². The van der Waals surface area contributed by atoms with Gasteiger partial charge in [-0.25, -0.2) is 4.39 Å². The summed E-state index contributed by atoms with van der Waals surface area (Å²) in [7, 11) is 3.14. The molecule has 0 aliphatic carbocycles. The molecule has 0 amide bonds. The monoisotopic (exact) mass is 256 g/mol. The summed E-state index contributed by atoms with van der Waals surface area (Å²) in [6.07, 6.45) is -0.159. The minimum absolute atomic E-state index is 0.159. The Labute approximate surface area is 107 Å². The van der Waals surface area contributed by atoms with Crippen LogP contribution in [0.1, 0.15) is 13.8 Å². The fraction of sp³-hybridized carbons (Fsp3) is 0.538. The molecule has 1 aromatic carbocycles. The number of hydrogen-bond donors (Lipinski definition) is 2. The van der Waals surface area contributed by atoms with Crippen molar-refractivity contribution in [1.29, 1.82) is 0 Å². The zero-order valence-electron chi connectivity index (χ0n) is 11.3. The van der Waals surface area contributed by atoms with Crippen LogP contribution >= 0.6 is 0 Å². The van der Waals surface area contributed by atoms with Crippen molar-refractivity contribution >= 4 is 5.69 Å². The largest absolute Gasteiger partial charge is 0.497 e. The molecule has 4 nitrogen and oxygen atoms in total. The van der Waals surface area contributed by atoms with Crippen molar-refractivity contribution < 1.29 is 13.9 Å². The maximum absolute atomic E-state index is 13.7. The highest BCUT2D eigenvalue weighted by Gasteiger charge is 2.30. The van der Waals surface area contributed by atoms with Gasteiger partial charge in [-0.3, -0.25) is 0 Å². The predicted molar refractivity (Wildman–Crippen MR) is 70.5 cm³/mol. The van der Waals surface area contributed by atoms with E-state index in [1.54, 1.807) is 19.2 Å². The summed E-state index contributed by atoms with van der Waals surface area (Å²) in [5.41, 5.74) is 5.56. The normalized spacial score (nSPS) is 15.9. The van der Waals surface area contributed by atoms with Gasteiger partial charge in [0, 0.05) is 19.7 Å². The van der Waals surface area contributed by atoms with Crippen LogP contribution in [0.25, 0.3) is 0 Å². The molecule has 102 valence electrons.